The number of nitrogens with zero attached hydrogens (tertiary/aromatic N) is 2. The largest absolute Gasteiger partial charge is 0.506 e. The number of carbonyl (C=O) groups is 1. The van der Waals surface area contributed by atoms with Crippen LogP contribution < -0.4 is 5.32 Å². The van der Waals surface area contributed by atoms with Gasteiger partial charge < -0.3 is 20.1 Å². The standard InChI is InChI=1S/C16H22ClN3O3/c17-13-11-12(1-2-14(13)21)15(19-5-3-18-4-6-19)16(22)20-7-9-23-10-8-20/h1-2,11,15,18,21H,3-10H2. The third kappa shape index (κ3) is 3.77. The van der Waals surface area contributed by atoms with E-state index in [0.29, 0.717) is 26.3 Å². The van der Waals surface area contributed by atoms with Crippen LogP contribution in [0.3, 0.4) is 0 Å². The van der Waals surface area contributed by atoms with Gasteiger partial charge in [0.1, 0.15) is 11.8 Å². The summed E-state index contributed by atoms with van der Waals surface area (Å²) < 4.78 is 5.34. The SMILES string of the molecule is O=C(C(c1ccc(O)c(Cl)c1)N1CCNCC1)N1CCOCC1. The molecule has 6 nitrogen and oxygen atoms in total. The van der Waals surface area contributed by atoms with E-state index in [2.05, 4.69) is 10.2 Å². The number of phenols is 1. The summed E-state index contributed by atoms with van der Waals surface area (Å²) in [6.07, 6.45) is 0. The lowest BCUT2D eigenvalue weighted by Crippen LogP contribution is -2.52. The predicted molar refractivity (Wildman–Crippen MR) is 87.7 cm³/mol. The first kappa shape index (κ1) is 16.5. The second-order valence-electron chi connectivity index (χ2n) is 5.84. The number of hydrogen-bond donors (Lipinski definition) is 2. The Bertz CT molecular complexity index is 558. The number of carbonyl (C=O) groups excluding carboxylic acids is 1. The number of halogens is 1. The van der Waals surface area contributed by atoms with Crippen molar-refractivity contribution in [2.75, 3.05) is 52.5 Å². The number of ether oxygens (including phenoxy) is 1. The monoisotopic (exact) mass is 339 g/mol. The van der Waals surface area contributed by atoms with Gasteiger partial charge in [-0.25, -0.2) is 0 Å². The minimum atomic E-state index is -0.367. The number of morpholine rings is 1. The molecule has 2 heterocycles. The molecule has 0 saturated carbocycles. The molecule has 126 valence electrons. The quantitative estimate of drug-likeness (QED) is 0.855. The lowest BCUT2D eigenvalue weighted by molar-refractivity contribution is -0.141. The maximum absolute atomic E-state index is 13.1. The van der Waals surface area contributed by atoms with Gasteiger partial charge in [0.05, 0.1) is 18.2 Å². The normalized spacial score (nSPS) is 21.2. The van der Waals surface area contributed by atoms with Crippen LogP contribution in [0.4, 0.5) is 0 Å². The first-order chi connectivity index (χ1) is 11.2. The Morgan fingerprint density at radius 3 is 2.57 bits per heavy atom. The Labute approximate surface area is 141 Å². The average molecular weight is 340 g/mol. The van der Waals surface area contributed by atoms with Crippen molar-refractivity contribution in [1.82, 2.24) is 15.1 Å². The number of aromatic hydroxyl groups is 1. The first-order valence-corrected chi connectivity index (χ1v) is 8.34. The third-order valence-electron chi connectivity index (χ3n) is 4.36. The smallest absolute Gasteiger partial charge is 0.244 e. The van der Waals surface area contributed by atoms with Crippen molar-refractivity contribution in [1.29, 1.82) is 0 Å². The number of piperazine rings is 1. The Hall–Kier alpha value is -1.34. The van der Waals surface area contributed by atoms with Crippen molar-refractivity contribution >= 4 is 17.5 Å². The molecule has 7 heteroatoms. The van der Waals surface area contributed by atoms with E-state index in [9.17, 15) is 9.90 Å². The van der Waals surface area contributed by atoms with Crippen LogP contribution in [0.25, 0.3) is 0 Å². The molecule has 1 aromatic carbocycles. The number of rotatable bonds is 3. The Morgan fingerprint density at radius 2 is 1.91 bits per heavy atom. The molecule has 0 spiro atoms. The lowest BCUT2D eigenvalue weighted by atomic mass is 10.0. The molecular formula is C16H22ClN3O3. The van der Waals surface area contributed by atoms with Gasteiger partial charge in [0.15, 0.2) is 0 Å². The highest BCUT2D eigenvalue weighted by Crippen LogP contribution is 2.30. The zero-order chi connectivity index (χ0) is 16.2. The summed E-state index contributed by atoms with van der Waals surface area (Å²) in [4.78, 5) is 17.1. The van der Waals surface area contributed by atoms with E-state index in [1.165, 1.54) is 0 Å². The summed E-state index contributed by atoms with van der Waals surface area (Å²) >= 11 is 6.06. The second-order valence-corrected chi connectivity index (χ2v) is 6.24. The van der Waals surface area contributed by atoms with Gasteiger partial charge in [0, 0.05) is 39.3 Å². The van der Waals surface area contributed by atoms with Crippen molar-refractivity contribution in [3.8, 4) is 5.75 Å². The number of nitrogens with one attached hydrogen (secondary N) is 1. The molecule has 1 atom stereocenters. The van der Waals surface area contributed by atoms with E-state index in [-0.39, 0.29) is 22.7 Å². The van der Waals surface area contributed by atoms with Crippen molar-refractivity contribution < 1.29 is 14.6 Å². The summed E-state index contributed by atoms with van der Waals surface area (Å²) in [6.45, 7) is 5.73. The molecule has 0 radical (unpaired) electrons. The fraction of sp³-hybridized carbons (Fsp3) is 0.562. The molecule has 2 saturated heterocycles. The number of hydrogen-bond acceptors (Lipinski definition) is 5. The maximum atomic E-state index is 13.1. The van der Waals surface area contributed by atoms with Crippen LogP contribution >= 0.6 is 11.6 Å². The Morgan fingerprint density at radius 1 is 1.22 bits per heavy atom. The van der Waals surface area contributed by atoms with Gasteiger partial charge in [0.25, 0.3) is 0 Å². The molecular weight excluding hydrogens is 318 g/mol. The molecule has 23 heavy (non-hydrogen) atoms. The molecule has 2 aliphatic heterocycles. The average Bonchev–Trinajstić information content (AvgIpc) is 2.60. The van der Waals surface area contributed by atoms with Crippen LogP contribution in [0.1, 0.15) is 11.6 Å². The van der Waals surface area contributed by atoms with E-state index >= 15 is 0 Å². The van der Waals surface area contributed by atoms with Gasteiger partial charge in [0.2, 0.25) is 5.91 Å². The predicted octanol–water partition coefficient (Wildman–Crippen LogP) is 0.851. The highest BCUT2D eigenvalue weighted by molar-refractivity contribution is 6.32. The van der Waals surface area contributed by atoms with Gasteiger partial charge in [-0.1, -0.05) is 17.7 Å². The zero-order valence-electron chi connectivity index (χ0n) is 13.0. The lowest BCUT2D eigenvalue weighted by Gasteiger charge is -2.38. The maximum Gasteiger partial charge on any atom is 0.244 e. The molecule has 3 rings (SSSR count). The van der Waals surface area contributed by atoms with Crippen molar-refractivity contribution in [2.45, 2.75) is 6.04 Å². The molecule has 1 amide bonds. The number of amides is 1. The molecule has 2 N–H and O–H groups in total. The third-order valence-corrected chi connectivity index (χ3v) is 4.66. The van der Waals surface area contributed by atoms with Crippen molar-refractivity contribution in [3.63, 3.8) is 0 Å². The van der Waals surface area contributed by atoms with Crippen LogP contribution in [0.15, 0.2) is 18.2 Å². The van der Waals surface area contributed by atoms with Gasteiger partial charge in [-0.2, -0.15) is 0 Å². The molecule has 0 aliphatic carbocycles. The topological polar surface area (TPSA) is 65.0 Å². The van der Waals surface area contributed by atoms with Gasteiger partial charge in [-0.3, -0.25) is 9.69 Å². The number of phenolic OH excluding ortho intramolecular Hbond substituents is 1. The minimum Gasteiger partial charge on any atom is -0.506 e. The summed E-state index contributed by atoms with van der Waals surface area (Å²) in [5.41, 5.74) is 0.825. The highest BCUT2D eigenvalue weighted by atomic mass is 35.5. The van der Waals surface area contributed by atoms with E-state index in [1.54, 1.807) is 18.2 Å². The van der Waals surface area contributed by atoms with E-state index in [0.717, 1.165) is 31.7 Å². The molecule has 1 unspecified atom stereocenters. The fourth-order valence-electron chi connectivity index (χ4n) is 3.10. The van der Waals surface area contributed by atoms with Gasteiger partial charge in [-0.05, 0) is 17.7 Å². The highest BCUT2D eigenvalue weighted by Gasteiger charge is 2.33. The molecule has 2 aliphatic rings. The summed E-state index contributed by atoms with van der Waals surface area (Å²) in [5.74, 6) is 0.116. The molecule has 0 aromatic heterocycles. The van der Waals surface area contributed by atoms with Crippen molar-refractivity contribution in [2.24, 2.45) is 0 Å². The molecule has 1 aromatic rings. The minimum absolute atomic E-state index is 0.0355. The van der Waals surface area contributed by atoms with Gasteiger partial charge >= 0.3 is 0 Å². The van der Waals surface area contributed by atoms with Crippen LogP contribution in [0, 0.1) is 0 Å². The van der Waals surface area contributed by atoms with E-state index < -0.39 is 0 Å². The summed E-state index contributed by atoms with van der Waals surface area (Å²) in [7, 11) is 0. The first-order valence-electron chi connectivity index (χ1n) is 7.96. The molecule has 2 fully saturated rings. The van der Waals surface area contributed by atoms with Crippen molar-refractivity contribution in [3.05, 3.63) is 28.8 Å². The van der Waals surface area contributed by atoms with Crippen LogP contribution in [0.5, 0.6) is 5.75 Å². The summed E-state index contributed by atoms with van der Waals surface area (Å²) in [5, 5.41) is 13.2. The van der Waals surface area contributed by atoms with Crippen LogP contribution in [0.2, 0.25) is 5.02 Å². The van der Waals surface area contributed by atoms with Crippen LogP contribution in [-0.4, -0.2) is 73.3 Å². The Balaban J connectivity index is 1.88. The van der Waals surface area contributed by atoms with E-state index in [1.807, 2.05) is 4.90 Å². The zero-order valence-corrected chi connectivity index (χ0v) is 13.8. The van der Waals surface area contributed by atoms with Crippen LogP contribution in [-0.2, 0) is 9.53 Å². The molecule has 0 bridgehead atoms. The van der Waals surface area contributed by atoms with Gasteiger partial charge in [-0.15, -0.1) is 0 Å². The summed E-state index contributed by atoms with van der Waals surface area (Å²) in [6, 6.07) is 4.67. The second kappa shape index (κ2) is 7.49. The number of benzene rings is 1. The van der Waals surface area contributed by atoms with E-state index in [4.69, 9.17) is 16.3 Å². The fourth-order valence-corrected chi connectivity index (χ4v) is 3.29. The Kier molecular flexibility index (Phi) is 5.38.